The number of likely N-dealkylation sites (tertiary alicyclic amines) is 1. The highest BCUT2D eigenvalue weighted by molar-refractivity contribution is 5.85. The average molecular weight is 374 g/mol. The first-order valence-electron chi connectivity index (χ1n) is 9.62. The zero-order chi connectivity index (χ0) is 20.0. The van der Waals surface area contributed by atoms with E-state index in [1.807, 2.05) is 20.8 Å². The van der Waals surface area contributed by atoms with Crippen molar-refractivity contribution < 1.29 is 9.53 Å². The first-order chi connectivity index (χ1) is 12.7. The molecule has 27 heavy (non-hydrogen) atoms. The second-order valence-electron chi connectivity index (χ2n) is 8.30. The fourth-order valence-corrected chi connectivity index (χ4v) is 3.17. The Balaban J connectivity index is 2.06. The zero-order valence-corrected chi connectivity index (χ0v) is 17.2. The third-order valence-electron chi connectivity index (χ3n) is 4.77. The standard InChI is InChI=1S/C20H31N5O2/c1-15-17(13-21)14-22-18(23-15)25(19(26)27-20(2,3)4)10-6-7-16-8-11-24(5)12-9-16/h14,16H,6-12H2,1-5H3. The lowest BCUT2D eigenvalue weighted by atomic mass is 9.92. The van der Waals surface area contributed by atoms with Crippen LogP contribution in [0.1, 0.15) is 57.7 Å². The molecule has 1 aliphatic heterocycles. The number of hydrogen-bond donors (Lipinski definition) is 0. The molecule has 0 saturated carbocycles. The number of aromatic nitrogens is 2. The number of carbonyl (C=O) groups excluding carboxylic acids is 1. The molecule has 0 spiro atoms. The van der Waals surface area contributed by atoms with E-state index in [1.165, 1.54) is 23.9 Å². The second-order valence-corrected chi connectivity index (χ2v) is 8.30. The van der Waals surface area contributed by atoms with Gasteiger partial charge in [0.15, 0.2) is 0 Å². The second kappa shape index (κ2) is 9.14. The number of rotatable bonds is 5. The van der Waals surface area contributed by atoms with Crippen LogP contribution in [0.25, 0.3) is 0 Å². The lowest BCUT2D eigenvalue weighted by Gasteiger charge is -2.30. The van der Waals surface area contributed by atoms with E-state index in [0.29, 0.717) is 29.7 Å². The Morgan fingerprint density at radius 1 is 1.41 bits per heavy atom. The summed E-state index contributed by atoms with van der Waals surface area (Å²) in [4.78, 5) is 25.1. The first kappa shape index (κ1) is 21.1. The van der Waals surface area contributed by atoms with Crippen LogP contribution in [0, 0.1) is 24.2 Å². The third kappa shape index (κ3) is 6.47. The summed E-state index contributed by atoms with van der Waals surface area (Å²) in [7, 11) is 2.16. The maximum atomic E-state index is 12.7. The fraction of sp³-hybridized carbons (Fsp3) is 0.700. The van der Waals surface area contributed by atoms with Crippen LogP contribution in [0.4, 0.5) is 10.7 Å². The van der Waals surface area contributed by atoms with E-state index in [1.54, 1.807) is 6.92 Å². The van der Waals surface area contributed by atoms with Gasteiger partial charge in [0.1, 0.15) is 11.7 Å². The van der Waals surface area contributed by atoms with Crippen LogP contribution in [0.5, 0.6) is 0 Å². The van der Waals surface area contributed by atoms with E-state index in [9.17, 15) is 4.79 Å². The predicted molar refractivity (Wildman–Crippen MR) is 105 cm³/mol. The van der Waals surface area contributed by atoms with Gasteiger partial charge in [-0.15, -0.1) is 0 Å². The Morgan fingerprint density at radius 2 is 2.07 bits per heavy atom. The van der Waals surface area contributed by atoms with E-state index in [0.717, 1.165) is 25.9 Å². The quantitative estimate of drug-likeness (QED) is 0.785. The summed E-state index contributed by atoms with van der Waals surface area (Å²) in [6, 6.07) is 2.05. The first-order valence-corrected chi connectivity index (χ1v) is 9.62. The number of nitrogens with zero attached hydrogens (tertiary/aromatic N) is 5. The van der Waals surface area contributed by atoms with Gasteiger partial charge >= 0.3 is 6.09 Å². The Kier molecular flexibility index (Phi) is 7.14. The molecule has 148 valence electrons. The number of anilines is 1. The SMILES string of the molecule is Cc1nc(N(CCCC2CCN(C)CC2)C(=O)OC(C)(C)C)ncc1C#N. The molecule has 1 aliphatic rings. The molecule has 0 N–H and O–H groups in total. The van der Waals surface area contributed by atoms with Crippen molar-refractivity contribution in [3.8, 4) is 6.07 Å². The van der Waals surface area contributed by atoms with Crippen LogP contribution in [-0.4, -0.2) is 53.2 Å². The molecule has 0 bridgehead atoms. The summed E-state index contributed by atoms with van der Waals surface area (Å²) in [6.45, 7) is 10.0. The molecule has 1 amide bonds. The van der Waals surface area contributed by atoms with E-state index in [4.69, 9.17) is 10.00 Å². The molecule has 2 heterocycles. The summed E-state index contributed by atoms with van der Waals surface area (Å²) >= 11 is 0. The van der Waals surface area contributed by atoms with Gasteiger partial charge in [-0.25, -0.2) is 19.7 Å². The van der Waals surface area contributed by atoms with Crippen molar-refractivity contribution in [1.82, 2.24) is 14.9 Å². The van der Waals surface area contributed by atoms with Crippen LogP contribution >= 0.6 is 0 Å². The molecular formula is C20H31N5O2. The van der Waals surface area contributed by atoms with Gasteiger partial charge in [-0.3, -0.25) is 0 Å². The highest BCUT2D eigenvalue weighted by Gasteiger charge is 2.26. The number of piperidine rings is 1. The summed E-state index contributed by atoms with van der Waals surface area (Å²) < 4.78 is 5.54. The molecule has 0 atom stereocenters. The molecular weight excluding hydrogens is 342 g/mol. The summed E-state index contributed by atoms with van der Waals surface area (Å²) in [5.74, 6) is 0.995. The van der Waals surface area contributed by atoms with Gasteiger partial charge in [0.05, 0.1) is 17.5 Å². The topological polar surface area (TPSA) is 82.3 Å². The van der Waals surface area contributed by atoms with Crippen molar-refractivity contribution in [2.45, 2.75) is 59.0 Å². The van der Waals surface area contributed by atoms with Crippen LogP contribution in [0.15, 0.2) is 6.20 Å². The van der Waals surface area contributed by atoms with Gasteiger partial charge in [-0.05, 0) is 79.4 Å². The number of hydrogen-bond acceptors (Lipinski definition) is 6. The Labute approximate surface area is 162 Å². The van der Waals surface area contributed by atoms with Crippen LogP contribution in [-0.2, 0) is 4.74 Å². The van der Waals surface area contributed by atoms with E-state index in [2.05, 4.69) is 28.0 Å². The Morgan fingerprint density at radius 3 is 2.63 bits per heavy atom. The van der Waals surface area contributed by atoms with Crippen molar-refractivity contribution >= 4 is 12.0 Å². The van der Waals surface area contributed by atoms with Gasteiger partial charge in [-0.1, -0.05) is 0 Å². The maximum absolute atomic E-state index is 12.7. The molecule has 2 rings (SSSR count). The molecule has 7 nitrogen and oxygen atoms in total. The number of amides is 1. The smallest absolute Gasteiger partial charge is 0.417 e. The highest BCUT2D eigenvalue weighted by atomic mass is 16.6. The number of ether oxygens (including phenoxy) is 1. The summed E-state index contributed by atoms with van der Waals surface area (Å²) in [5.41, 5.74) is 0.380. The van der Waals surface area contributed by atoms with Gasteiger partial charge in [-0.2, -0.15) is 5.26 Å². The van der Waals surface area contributed by atoms with E-state index >= 15 is 0 Å². The molecule has 1 fully saturated rings. The summed E-state index contributed by atoms with van der Waals surface area (Å²) in [5, 5.41) is 9.08. The molecule has 0 aromatic carbocycles. The zero-order valence-electron chi connectivity index (χ0n) is 17.2. The lowest BCUT2D eigenvalue weighted by Crippen LogP contribution is -2.39. The van der Waals surface area contributed by atoms with Crippen LogP contribution < -0.4 is 4.90 Å². The molecule has 7 heteroatoms. The minimum Gasteiger partial charge on any atom is -0.443 e. The maximum Gasteiger partial charge on any atom is 0.417 e. The number of aryl methyl sites for hydroxylation is 1. The van der Waals surface area contributed by atoms with Crippen LogP contribution in [0.2, 0.25) is 0 Å². The van der Waals surface area contributed by atoms with E-state index < -0.39 is 11.7 Å². The van der Waals surface area contributed by atoms with Crippen molar-refractivity contribution in [2.24, 2.45) is 5.92 Å². The largest absolute Gasteiger partial charge is 0.443 e. The number of nitriles is 1. The normalized spacial score (nSPS) is 16.0. The van der Waals surface area contributed by atoms with E-state index in [-0.39, 0.29) is 0 Å². The average Bonchev–Trinajstić information content (AvgIpc) is 2.58. The molecule has 1 aromatic heterocycles. The van der Waals surface area contributed by atoms with Crippen molar-refractivity contribution in [3.63, 3.8) is 0 Å². The van der Waals surface area contributed by atoms with Crippen molar-refractivity contribution in [2.75, 3.05) is 31.6 Å². The minimum atomic E-state index is -0.592. The number of carbonyl (C=O) groups is 1. The molecule has 0 unspecified atom stereocenters. The van der Waals surface area contributed by atoms with Gasteiger partial charge < -0.3 is 9.64 Å². The fourth-order valence-electron chi connectivity index (χ4n) is 3.17. The van der Waals surface area contributed by atoms with Gasteiger partial charge in [0.25, 0.3) is 0 Å². The summed E-state index contributed by atoms with van der Waals surface area (Å²) in [6.07, 6.45) is 5.37. The van der Waals surface area contributed by atoms with Gasteiger partial charge in [0.2, 0.25) is 5.95 Å². The third-order valence-corrected chi connectivity index (χ3v) is 4.77. The van der Waals surface area contributed by atoms with Crippen molar-refractivity contribution in [3.05, 3.63) is 17.5 Å². The van der Waals surface area contributed by atoms with Crippen molar-refractivity contribution in [1.29, 1.82) is 5.26 Å². The Bertz CT molecular complexity index is 685. The minimum absolute atomic E-state index is 0.295. The van der Waals surface area contributed by atoms with Crippen LogP contribution in [0.3, 0.4) is 0 Å². The molecule has 0 radical (unpaired) electrons. The molecule has 0 aliphatic carbocycles. The predicted octanol–water partition coefficient (Wildman–Crippen LogP) is 3.52. The monoisotopic (exact) mass is 373 g/mol. The molecule has 1 aromatic rings. The van der Waals surface area contributed by atoms with Gasteiger partial charge in [0, 0.05) is 6.54 Å². The lowest BCUT2D eigenvalue weighted by molar-refractivity contribution is 0.0576. The molecule has 1 saturated heterocycles. The highest BCUT2D eigenvalue weighted by Crippen LogP contribution is 2.22. The Hall–Kier alpha value is -2.20.